The number of nitrogens with one attached hydrogen (secondary N) is 1. The van der Waals surface area contributed by atoms with Gasteiger partial charge in [0.25, 0.3) is 0 Å². The molecule has 7 nitrogen and oxygen atoms in total. The third kappa shape index (κ3) is 3.00. The van der Waals surface area contributed by atoms with Crippen LogP contribution in [0.5, 0.6) is 0 Å². The molecule has 4 heterocycles. The molecule has 3 aromatic heterocycles. The Morgan fingerprint density at radius 2 is 2.22 bits per heavy atom. The maximum Gasteiger partial charge on any atom is 0.156 e. The molecule has 1 aliphatic rings. The summed E-state index contributed by atoms with van der Waals surface area (Å²) >= 11 is 0. The Labute approximate surface area is 133 Å². The molecule has 2 unspecified atom stereocenters. The topological polar surface area (TPSA) is 81.5 Å². The standard InChI is InChI=1S/C16H18N4O3/c1-10-13(11(2)23-19-10)8-20-5-3-15(18-20)17-16-14(22-16)7-12-4-6-21-9-12/h3-6,9,14,16H,7-8H2,1-2H3,(H,17,18). The first-order chi connectivity index (χ1) is 11.2. The molecule has 3 aromatic rings. The van der Waals surface area contributed by atoms with Crippen LogP contribution in [-0.4, -0.2) is 27.3 Å². The predicted octanol–water partition coefficient (Wildman–Crippen LogP) is 2.51. The Balaban J connectivity index is 1.34. The van der Waals surface area contributed by atoms with Crippen molar-refractivity contribution in [1.29, 1.82) is 0 Å². The summed E-state index contributed by atoms with van der Waals surface area (Å²) in [6.07, 6.45) is 6.37. The van der Waals surface area contributed by atoms with Crippen LogP contribution >= 0.6 is 0 Å². The summed E-state index contributed by atoms with van der Waals surface area (Å²) in [7, 11) is 0. The first-order valence-electron chi connectivity index (χ1n) is 7.57. The van der Waals surface area contributed by atoms with Crippen LogP contribution in [0.25, 0.3) is 0 Å². The smallest absolute Gasteiger partial charge is 0.156 e. The summed E-state index contributed by atoms with van der Waals surface area (Å²) in [5.74, 6) is 1.63. The molecule has 7 heteroatoms. The summed E-state index contributed by atoms with van der Waals surface area (Å²) < 4.78 is 17.7. The SMILES string of the molecule is Cc1noc(C)c1Cn1ccc(NC2OC2Cc2ccoc2)n1. The van der Waals surface area contributed by atoms with E-state index >= 15 is 0 Å². The van der Waals surface area contributed by atoms with Gasteiger partial charge in [-0.15, -0.1) is 0 Å². The molecule has 0 radical (unpaired) electrons. The van der Waals surface area contributed by atoms with Crippen molar-refractivity contribution >= 4 is 5.82 Å². The van der Waals surface area contributed by atoms with Crippen LogP contribution < -0.4 is 5.32 Å². The maximum absolute atomic E-state index is 5.62. The monoisotopic (exact) mass is 314 g/mol. The number of hydrogen-bond donors (Lipinski definition) is 1. The molecule has 1 aliphatic heterocycles. The molecule has 0 bridgehead atoms. The average Bonchev–Trinajstić information content (AvgIpc) is 2.92. The summed E-state index contributed by atoms with van der Waals surface area (Å²) in [4.78, 5) is 0. The fourth-order valence-electron chi connectivity index (χ4n) is 2.63. The summed E-state index contributed by atoms with van der Waals surface area (Å²) in [6.45, 7) is 4.50. The van der Waals surface area contributed by atoms with Gasteiger partial charge in [0.15, 0.2) is 6.23 Å². The number of aryl methyl sites for hydroxylation is 2. The van der Waals surface area contributed by atoms with Crippen LogP contribution in [0.15, 0.2) is 39.8 Å². The highest BCUT2D eigenvalue weighted by Crippen LogP contribution is 2.27. The van der Waals surface area contributed by atoms with Crippen molar-refractivity contribution in [2.75, 3.05) is 5.32 Å². The second kappa shape index (κ2) is 5.58. The van der Waals surface area contributed by atoms with Crippen LogP contribution in [0.1, 0.15) is 22.6 Å². The number of nitrogens with zero attached hydrogens (tertiary/aromatic N) is 3. The van der Waals surface area contributed by atoms with Crippen molar-refractivity contribution in [2.24, 2.45) is 0 Å². The van der Waals surface area contributed by atoms with Crippen molar-refractivity contribution in [3.63, 3.8) is 0 Å². The first-order valence-corrected chi connectivity index (χ1v) is 7.57. The Kier molecular flexibility index (Phi) is 3.42. The van der Waals surface area contributed by atoms with Gasteiger partial charge >= 0.3 is 0 Å². The van der Waals surface area contributed by atoms with E-state index in [0.717, 1.165) is 34.8 Å². The lowest BCUT2D eigenvalue weighted by Gasteiger charge is -2.01. The lowest BCUT2D eigenvalue weighted by Crippen LogP contribution is -2.10. The van der Waals surface area contributed by atoms with Gasteiger partial charge in [-0.2, -0.15) is 5.10 Å². The van der Waals surface area contributed by atoms with Crippen molar-refractivity contribution < 1.29 is 13.7 Å². The number of aromatic nitrogens is 3. The summed E-state index contributed by atoms with van der Waals surface area (Å²) in [6, 6.07) is 3.89. The van der Waals surface area contributed by atoms with E-state index < -0.39 is 0 Å². The fourth-order valence-corrected chi connectivity index (χ4v) is 2.63. The van der Waals surface area contributed by atoms with E-state index in [1.165, 1.54) is 0 Å². The third-order valence-electron chi connectivity index (χ3n) is 4.03. The van der Waals surface area contributed by atoms with Gasteiger partial charge in [0.05, 0.1) is 24.8 Å². The van der Waals surface area contributed by atoms with Gasteiger partial charge in [0.2, 0.25) is 0 Å². The molecule has 0 amide bonds. The largest absolute Gasteiger partial charge is 0.472 e. The first kappa shape index (κ1) is 14.1. The second-order valence-corrected chi connectivity index (χ2v) is 5.78. The number of ether oxygens (including phenoxy) is 1. The highest BCUT2D eigenvalue weighted by atomic mass is 16.6. The van der Waals surface area contributed by atoms with Gasteiger partial charge in [-0.1, -0.05) is 5.16 Å². The Hall–Kier alpha value is -2.54. The maximum atomic E-state index is 5.62. The molecule has 0 aromatic carbocycles. The Morgan fingerprint density at radius 3 is 2.96 bits per heavy atom. The van der Waals surface area contributed by atoms with Crippen molar-refractivity contribution in [2.45, 2.75) is 39.1 Å². The van der Waals surface area contributed by atoms with Crippen LogP contribution in [0.3, 0.4) is 0 Å². The molecule has 0 aliphatic carbocycles. The Bertz CT molecular complexity index is 771. The van der Waals surface area contributed by atoms with Crippen molar-refractivity contribution in [3.05, 3.63) is 53.4 Å². The van der Waals surface area contributed by atoms with Gasteiger partial charge in [0.1, 0.15) is 17.7 Å². The zero-order valence-corrected chi connectivity index (χ0v) is 13.0. The number of rotatable bonds is 6. The summed E-state index contributed by atoms with van der Waals surface area (Å²) in [5.41, 5.74) is 3.11. The van der Waals surface area contributed by atoms with Gasteiger partial charge < -0.3 is 19.0 Å². The second-order valence-electron chi connectivity index (χ2n) is 5.78. The van der Waals surface area contributed by atoms with Gasteiger partial charge in [-0.05, 0) is 25.5 Å². The van der Waals surface area contributed by atoms with Crippen molar-refractivity contribution in [1.82, 2.24) is 14.9 Å². The van der Waals surface area contributed by atoms with E-state index in [-0.39, 0.29) is 12.3 Å². The van der Waals surface area contributed by atoms with Crippen LogP contribution in [0, 0.1) is 13.8 Å². The van der Waals surface area contributed by atoms with Crippen LogP contribution in [0.2, 0.25) is 0 Å². The van der Waals surface area contributed by atoms with E-state index in [4.69, 9.17) is 13.7 Å². The number of anilines is 1. The fraction of sp³-hybridized carbons (Fsp3) is 0.375. The summed E-state index contributed by atoms with van der Waals surface area (Å²) in [5, 5.41) is 11.8. The normalized spacial score (nSPS) is 19.9. The minimum atomic E-state index is 0.00677. The molecule has 4 rings (SSSR count). The molecular weight excluding hydrogens is 296 g/mol. The quantitative estimate of drug-likeness (QED) is 0.704. The lowest BCUT2D eigenvalue weighted by atomic mass is 10.2. The minimum Gasteiger partial charge on any atom is -0.472 e. The van der Waals surface area contributed by atoms with E-state index in [9.17, 15) is 0 Å². The number of hydrogen-bond acceptors (Lipinski definition) is 6. The molecule has 1 saturated heterocycles. The zero-order chi connectivity index (χ0) is 15.8. The van der Waals surface area contributed by atoms with E-state index in [1.54, 1.807) is 12.5 Å². The predicted molar refractivity (Wildman–Crippen MR) is 82.0 cm³/mol. The molecule has 2 atom stereocenters. The van der Waals surface area contributed by atoms with E-state index in [0.29, 0.717) is 6.54 Å². The molecule has 0 spiro atoms. The van der Waals surface area contributed by atoms with E-state index in [1.807, 2.05) is 36.9 Å². The Morgan fingerprint density at radius 1 is 1.30 bits per heavy atom. The highest BCUT2D eigenvalue weighted by Gasteiger charge is 2.39. The molecule has 23 heavy (non-hydrogen) atoms. The minimum absolute atomic E-state index is 0.00677. The van der Waals surface area contributed by atoms with Gasteiger partial charge in [0, 0.05) is 24.2 Å². The molecule has 120 valence electrons. The lowest BCUT2D eigenvalue weighted by molar-refractivity contribution is 0.380. The third-order valence-corrected chi connectivity index (χ3v) is 4.03. The van der Waals surface area contributed by atoms with Gasteiger partial charge in [-0.3, -0.25) is 4.68 Å². The number of epoxide rings is 1. The van der Waals surface area contributed by atoms with E-state index in [2.05, 4.69) is 15.6 Å². The molecule has 1 N–H and O–H groups in total. The zero-order valence-electron chi connectivity index (χ0n) is 13.0. The molecule has 1 fully saturated rings. The van der Waals surface area contributed by atoms with Gasteiger partial charge in [-0.25, -0.2) is 0 Å². The van der Waals surface area contributed by atoms with Crippen molar-refractivity contribution in [3.8, 4) is 0 Å². The molecule has 0 saturated carbocycles. The van der Waals surface area contributed by atoms with Crippen LogP contribution in [-0.2, 0) is 17.7 Å². The molecular formula is C16H18N4O3. The number of furan rings is 1. The average molecular weight is 314 g/mol. The highest BCUT2D eigenvalue weighted by molar-refractivity contribution is 5.35. The van der Waals surface area contributed by atoms with Crippen LogP contribution in [0.4, 0.5) is 5.82 Å².